The minimum absolute atomic E-state index is 0.0698. The molecule has 102 valence electrons. The van der Waals surface area contributed by atoms with Crippen LogP contribution in [0.25, 0.3) is 0 Å². The number of phenols is 2. The summed E-state index contributed by atoms with van der Waals surface area (Å²) in [6, 6.07) is 4.61. The van der Waals surface area contributed by atoms with Crippen molar-refractivity contribution >= 4 is 0 Å². The van der Waals surface area contributed by atoms with Crippen LogP contribution in [0.3, 0.4) is 0 Å². The Balaban J connectivity index is 2.39. The van der Waals surface area contributed by atoms with E-state index in [2.05, 4.69) is 12.2 Å². The van der Waals surface area contributed by atoms with Crippen molar-refractivity contribution < 1.29 is 15.3 Å². The molecule has 0 amide bonds. The Bertz CT molecular complexity index is 349. The van der Waals surface area contributed by atoms with E-state index in [1.165, 1.54) is 6.07 Å². The summed E-state index contributed by atoms with van der Waals surface area (Å²) in [5.74, 6) is 0.649. The fourth-order valence-corrected chi connectivity index (χ4v) is 2.05. The van der Waals surface area contributed by atoms with E-state index in [1.54, 1.807) is 12.1 Å². The molecule has 1 rings (SSSR count). The number of aliphatic hydroxyl groups excluding tert-OH is 1. The average Bonchev–Trinajstić information content (AvgIpc) is 2.32. The lowest BCUT2D eigenvalue weighted by Crippen LogP contribution is -2.23. The molecule has 0 saturated carbocycles. The SMILES string of the molecule is CCCC(CCO)CNCc1ccc(O)cc1O. The van der Waals surface area contributed by atoms with E-state index in [4.69, 9.17) is 5.11 Å². The van der Waals surface area contributed by atoms with Crippen molar-refractivity contribution in [3.63, 3.8) is 0 Å². The highest BCUT2D eigenvalue weighted by atomic mass is 16.3. The van der Waals surface area contributed by atoms with E-state index in [-0.39, 0.29) is 18.1 Å². The Morgan fingerprint density at radius 2 is 2.00 bits per heavy atom. The van der Waals surface area contributed by atoms with Gasteiger partial charge in [0.1, 0.15) is 11.5 Å². The van der Waals surface area contributed by atoms with Crippen LogP contribution >= 0.6 is 0 Å². The number of hydrogen-bond donors (Lipinski definition) is 4. The fourth-order valence-electron chi connectivity index (χ4n) is 2.05. The van der Waals surface area contributed by atoms with E-state index in [0.29, 0.717) is 12.5 Å². The van der Waals surface area contributed by atoms with E-state index in [1.807, 2.05) is 0 Å². The summed E-state index contributed by atoms with van der Waals surface area (Å²) in [6.45, 7) is 3.75. The molecular formula is C14H23NO3. The Morgan fingerprint density at radius 3 is 2.61 bits per heavy atom. The lowest BCUT2D eigenvalue weighted by Gasteiger charge is -2.16. The summed E-state index contributed by atoms with van der Waals surface area (Å²) >= 11 is 0. The minimum Gasteiger partial charge on any atom is -0.508 e. The van der Waals surface area contributed by atoms with Crippen LogP contribution in [0.5, 0.6) is 11.5 Å². The van der Waals surface area contributed by atoms with Crippen LogP contribution in [-0.4, -0.2) is 28.5 Å². The second-order valence-corrected chi connectivity index (χ2v) is 4.61. The Hall–Kier alpha value is -1.26. The number of nitrogens with one attached hydrogen (secondary N) is 1. The molecule has 0 spiro atoms. The van der Waals surface area contributed by atoms with Crippen LogP contribution in [0.2, 0.25) is 0 Å². The van der Waals surface area contributed by atoms with Gasteiger partial charge in [-0.2, -0.15) is 0 Å². The molecule has 0 aromatic heterocycles. The molecule has 0 aliphatic heterocycles. The van der Waals surface area contributed by atoms with E-state index in [0.717, 1.165) is 31.4 Å². The van der Waals surface area contributed by atoms with Gasteiger partial charge in [0.25, 0.3) is 0 Å². The first-order valence-corrected chi connectivity index (χ1v) is 6.49. The highest BCUT2D eigenvalue weighted by molar-refractivity contribution is 5.38. The van der Waals surface area contributed by atoms with Crippen molar-refractivity contribution in [3.8, 4) is 11.5 Å². The van der Waals surface area contributed by atoms with Crippen molar-refractivity contribution in [2.45, 2.75) is 32.7 Å². The average molecular weight is 253 g/mol. The van der Waals surface area contributed by atoms with Crippen LogP contribution < -0.4 is 5.32 Å². The maximum Gasteiger partial charge on any atom is 0.123 e. The highest BCUT2D eigenvalue weighted by Crippen LogP contribution is 2.22. The number of phenolic OH excluding ortho intramolecular Hbond substituents is 2. The first-order valence-electron chi connectivity index (χ1n) is 6.49. The van der Waals surface area contributed by atoms with Gasteiger partial charge in [-0.05, 0) is 31.4 Å². The summed E-state index contributed by atoms with van der Waals surface area (Å²) in [4.78, 5) is 0. The molecule has 1 aromatic rings. The normalized spacial score (nSPS) is 12.6. The Morgan fingerprint density at radius 1 is 1.22 bits per heavy atom. The van der Waals surface area contributed by atoms with Crippen LogP contribution in [0.1, 0.15) is 31.7 Å². The molecule has 1 atom stereocenters. The molecule has 0 fully saturated rings. The molecule has 1 aromatic carbocycles. The third kappa shape index (κ3) is 4.94. The van der Waals surface area contributed by atoms with Crippen molar-refractivity contribution in [2.75, 3.05) is 13.2 Å². The first-order chi connectivity index (χ1) is 8.67. The maximum atomic E-state index is 9.62. The monoisotopic (exact) mass is 253 g/mol. The second-order valence-electron chi connectivity index (χ2n) is 4.61. The van der Waals surface area contributed by atoms with E-state index >= 15 is 0 Å². The van der Waals surface area contributed by atoms with Gasteiger partial charge in [-0.1, -0.05) is 19.4 Å². The molecule has 0 aliphatic carbocycles. The third-order valence-electron chi connectivity index (χ3n) is 3.05. The number of benzene rings is 1. The van der Waals surface area contributed by atoms with Crippen molar-refractivity contribution in [2.24, 2.45) is 5.92 Å². The number of rotatable bonds is 8. The second kappa shape index (κ2) is 7.95. The summed E-state index contributed by atoms with van der Waals surface area (Å²) < 4.78 is 0. The molecule has 0 saturated heterocycles. The molecule has 18 heavy (non-hydrogen) atoms. The molecule has 4 nitrogen and oxygen atoms in total. The zero-order valence-electron chi connectivity index (χ0n) is 10.9. The predicted octanol–water partition coefficient (Wildman–Crippen LogP) is 1.99. The van der Waals surface area contributed by atoms with Crippen LogP contribution in [0, 0.1) is 5.92 Å². The summed E-state index contributed by atoms with van der Waals surface area (Å²) in [5.41, 5.74) is 0.770. The highest BCUT2D eigenvalue weighted by Gasteiger charge is 2.07. The standard InChI is InChI=1S/C14H23NO3/c1-2-3-11(6-7-16)9-15-10-12-4-5-13(17)8-14(12)18/h4-5,8,11,15-18H,2-3,6-7,9-10H2,1H3. The molecule has 0 heterocycles. The maximum absolute atomic E-state index is 9.62. The number of aromatic hydroxyl groups is 2. The van der Waals surface area contributed by atoms with Crippen LogP contribution in [0.4, 0.5) is 0 Å². The molecule has 4 N–H and O–H groups in total. The molecular weight excluding hydrogens is 230 g/mol. The van der Waals surface area contributed by atoms with Crippen molar-refractivity contribution in [1.29, 1.82) is 0 Å². The first kappa shape index (κ1) is 14.8. The van der Waals surface area contributed by atoms with Gasteiger partial charge in [-0.25, -0.2) is 0 Å². The molecule has 4 heteroatoms. The minimum atomic E-state index is 0.0698. The largest absolute Gasteiger partial charge is 0.508 e. The topological polar surface area (TPSA) is 72.7 Å². The number of hydrogen-bond acceptors (Lipinski definition) is 4. The molecule has 0 radical (unpaired) electrons. The van der Waals surface area contributed by atoms with Gasteiger partial charge >= 0.3 is 0 Å². The zero-order chi connectivity index (χ0) is 13.4. The van der Waals surface area contributed by atoms with Crippen LogP contribution in [-0.2, 0) is 6.54 Å². The molecule has 1 unspecified atom stereocenters. The van der Waals surface area contributed by atoms with Crippen molar-refractivity contribution in [1.82, 2.24) is 5.32 Å². The van der Waals surface area contributed by atoms with Gasteiger partial charge in [0.05, 0.1) is 0 Å². The van der Waals surface area contributed by atoms with Crippen LogP contribution in [0.15, 0.2) is 18.2 Å². The quantitative estimate of drug-likeness (QED) is 0.571. The third-order valence-corrected chi connectivity index (χ3v) is 3.05. The van der Waals surface area contributed by atoms with Gasteiger partial charge in [0.15, 0.2) is 0 Å². The predicted molar refractivity (Wildman–Crippen MR) is 71.6 cm³/mol. The van der Waals surface area contributed by atoms with Gasteiger partial charge in [-0.3, -0.25) is 0 Å². The van der Waals surface area contributed by atoms with Gasteiger partial charge in [0, 0.05) is 24.8 Å². The fraction of sp³-hybridized carbons (Fsp3) is 0.571. The lowest BCUT2D eigenvalue weighted by atomic mass is 10.00. The summed E-state index contributed by atoms with van der Waals surface area (Å²) in [5, 5.41) is 31.0. The van der Waals surface area contributed by atoms with Crippen molar-refractivity contribution in [3.05, 3.63) is 23.8 Å². The van der Waals surface area contributed by atoms with Gasteiger partial charge in [0.2, 0.25) is 0 Å². The van der Waals surface area contributed by atoms with Gasteiger partial charge in [-0.15, -0.1) is 0 Å². The van der Waals surface area contributed by atoms with E-state index < -0.39 is 0 Å². The molecule has 0 bridgehead atoms. The van der Waals surface area contributed by atoms with E-state index in [9.17, 15) is 10.2 Å². The number of aliphatic hydroxyl groups is 1. The lowest BCUT2D eigenvalue weighted by molar-refractivity contribution is 0.248. The smallest absolute Gasteiger partial charge is 0.123 e. The Kier molecular flexibility index (Phi) is 6.54. The van der Waals surface area contributed by atoms with Gasteiger partial charge < -0.3 is 20.6 Å². The summed E-state index contributed by atoms with van der Waals surface area (Å²) in [6.07, 6.45) is 3.01. The zero-order valence-corrected chi connectivity index (χ0v) is 10.9. The molecule has 0 aliphatic rings. The summed E-state index contributed by atoms with van der Waals surface area (Å²) in [7, 11) is 0. The Labute approximate surface area is 108 Å².